The van der Waals surface area contributed by atoms with E-state index in [1.807, 2.05) is 6.92 Å². The van der Waals surface area contributed by atoms with Crippen molar-refractivity contribution >= 4 is 28.6 Å². The zero-order chi connectivity index (χ0) is 23.8. The number of H-pyrrole nitrogens is 1. The Hall–Kier alpha value is -2.97. The Balaban J connectivity index is 1.34. The van der Waals surface area contributed by atoms with Crippen LogP contribution in [0.15, 0.2) is 18.2 Å². The number of benzene rings is 1. The number of rotatable bonds is 5. The predicted octanol–water partition coefficient (Wildman–Crippen LogP) is 3.03. The van der Waals surface area contributed by atoms with Crippen LogP contribution in [0, 0.1) is 12.7 Å². The fraction of sp³-hybridized carbons (Fsp3) is 0.462. The Morgan fingerprint density at radius 2 is 1.97 bits per heavy atom. The molecular weight excluding hydrogens is 433 g/mol. The lowest BCUT2D eigenvalue weighted by molar-refractivity contribution is -0.110. The molecule has 2 aromatic rings. The van der Waals surface area contributed by atoms with Crippen LogP contribution >= 0.6 is 0 Å². The molecule has 1 fully saturated rings. The van der Waals surface area contributed by atoms with Crippen LogP contribution in [-0.2, 0) is 11.2 Å². The summed E-state index contributed by atoms with van der Waals surface area (Å²) in [5, 5.41) is 5.95. The third-order valence-corrected chi connectivity index (χ3v) is 7.23. The minimum atomic E-state index is -0.372. The molecule has 0 atom stereocenters. The van der Waals surface area contributed by atoms with E-state index in [1.165, 1.54) is 12.1 Å². The fourth-order valence-corrected chi connectivity index (χ4v) is 5.41. The number of anilines is 1. The molecule has 1 aromatic heterocycles. The molecule has 0 radical (unpaired) electrons. The van der Waals surface area contributed by atoms with E-state index in [0.29, 0.717) is 35.4 Å². The fourth-order valence-electron chi connectivity index (χ4n) is 5.41. The number of allylic oxidation sites excluding steroid dienone is 1. The van der Waals surface area contributed by atoms with Gasteiger partial charge in [0.15, 0.2) is 0 Å². The van der Waals surface area contributed by atoms with Gasteiger partial charge in [0.25, 0.3) is 11.8 Å². The van der Waals surface area contributed by atoms with Gasteiger partial charge < -0.3 is 25.4 Å². The van der Waals surface area contributed by atoms with Crippen LogP contribution in [0.3, 0.4) is 0 Å². The monoisotopic (exact) mass is 465 g/mol. The molecule has 2 aliphatic heterocycles. The number of piperazine rings is 1. The topological polar surface area (TPSA) is 80.5 Å². The number of carbonyl (C=O) groups excluding carboxylic acids is 2. The highest BCUT2D eigenvalue weighted by Crippen LogP contribution is 2.43. The average Bonchev–Trinajstić information content (AvgIpc) is 3.32. The number of hydrogen-bond acceptors (Lipinski definition) is 4. The number of aromatic amines is 1. The zero-order valence-electron chi connectivity index (χ0n) is 19.9. The number of aromatic nitrogens is 1. The standard InChI is InChI=1S/C26H32FN5O2/c1-16-22(25(33)28-9-4-10-32-13-11-31(2)12-14-32)18-5-3-6-19(24(18)29-16)23-20-15-17(27)7-8-21(20)30-26(23)34/h7-8,15,29H,3-6,9-14H2,1-2H3,(H,28,33)(H,30,34). The second-order valence-electron chi connectivity index (χ2n) is 9.58. The van der Waals surface area contributed by atoms with Gasteiger partial charge in [0, 0.05) is 55.4 Å². The normalized spacial score (nSPS) is 20.7. The van der Waals surface area contributed by atoms with Gasteiger partial charge in [-0.25, -0.2) is 4.39 Å². The summed E-state index contributed by atoms with van der Waals surface area (Å²) in [6, 6.07) is 4.36. The third-order valence-electron chi connectivity index (χ3n) is 7.23. The highest BCUT2D eigenvalue weighted by atomic mass is 19.1. The SMILES string of the molecule is Cc1[nH]c2c(c1C(=O)NCCCN1CCN(C)CC1)CCCC2=C1C(=O)Nc2ccc(F)cc21. The molecule has 8 heteroatoms. The van der Waals surface area contributed by atoms with Gasteiger partial charge in [-0.15, -0.1) is 0 Å². The Morgan fingerprint density at radius 3 is 2.76 bits per heavy atom. The first-order valence-corrected chi connectivity index (χ1v) is 12.2. The maximum atomic E-state index is 14.0. The predicted molar refractivity (Wildman–Crippen MR) is 131 cm³/mol. The van der Waals surface area contributed by atoms with Gasteiger partial charge in [-0.1, -0.05) is 0 Å². The van der Waals surface area contributed by atoms with E-state index in [2.05, 4.69) is 32.5 Å². The molecule has 3 heterocycles. The quantitative estimate of drug-likeness (QED) is 0.469. The lowest BCUT2D eigenvalue weighted by Crippen LogP contribution is -2.45. The zero-order valence-corrected chi connectivity index (χ0v) is 19.9. The Morgan fingerprint density at radius 1 is 1.18 bits per heavy atom. The Labute approximate surface area is 199 Å². The summed E-state index contributed by atoms with van der Waals surface area (Å²) in [6.07, 6.45) is 3.24. The van der Waals surface area contributed by atoms with E-state index in [0.717, 1.165) is 74.5 Å². The molecule has 3 aliphatic rings. The van der Waals surface area contributed by atoms with Crippen LogP contribution in [0.4, 0.5) is 10.1 Å². The van der Waals surface area contributed by atoms with E-state index in [4.69, 9.17) is 0 Å². The van der Waals surface area contributed by atoms with Crippen LogP contribution < -0.4 is 10.6 Å². The molecule has 5 rings (SSSR count). The van der Waals surface area contributed by atoms with Gasteiger partial charge in [-0.2, -0.15) is 0 Å². The van der Waals surface area contributed by atoms with Crippen molar-refractivity contribution in [3.8, 4) is 0 Å². The van der Waals surface area contributed by atoms with Crippen molar-refractivity contribution < 1.29 is 14.0 Å². The number of hydrogen-bond donors (Lipinski definition) is 3. The van der Waals surface area contributed by atoms with E-state index in [9.17, 15) is 14.0 Å². The summed E-state index contributed by atoms with van der Waals surface area (Å²) in [5.41, 5.74) is 5.88. The van der Waals surface area contributed by atoms with Gasteiger partial charge >= 0.3 is 0 Å². The molecule has 0 spiro atoms. The first kappa shape index (κ1) is 22.8. The number of aryl methyl sites for hydroxylation is 1. The molecule has 1 aliphatic carbocycles. The summed E-state index contributed by atoms with van der Waals surface area (Å²) < 4.78 is 14.0. The van der Waals surface area contributed by atoms with Crippen LogP contribution in [-0.4, -0.2) is 72.9 Å². The third kappa shape index (κ3) is 4.28. The molecule has 3 N–H and O–H groups in total. The van der Waals surface area contributed by atoms with Crippen LogP contribution in [0.25, 0.3) is 11.1 Å². The molecule has 0 unspecified atom stereocenters. The largest absolute Gasteiger partial charge is 0.358 e. The summed E-state index contributed by atoms with van der Waals surface area (Å²) in [4.78, 5) is 34.1. The molecule has 34 heavy (non-hydrogen) atoms. The van der Waals surface area contributed by atoms with Crippen molar-refractivity contribution in [2.45, 2.75) is 32.6 Å². The summed E-state index contributed by atoms with van der Waals surface area (Å²) >= 11 is 0. The minimum Gasteiger partial charge on any atom is -0.358 e. The van der Waals surface area contributed by atoms with E-state index in [-0.39, 0.29) is 17.6 Å². The molecule has 2 amide bonds. The second-order valence-corrected chi connectivity index (χ2v) is 9.58. The Kier molecular flexibility index (Phi) is 6.27. The van der Waals surface area contributed by atoms with Crippen molar-refractivity contribution in [3.05, 3.63) is 52.1 Å². The van der Waals surface area contributed by atoms with Crippen molar-refractivity contribution in [3.63, 3.8) is 0 Å². The number of halogens is 1. The molecule has 1 saturated heterocycles. The van der Waals surface area contributed by atoms with Crippen LogP contribution in [0.5, 0.6) is 0 Å². The molecule has 0 saturated carbocycles. The lowest BCUT2D eigenvalue weighted by atomic mass is 9.86. The molecule has 1 aromatic carbocycles. The van der Waals surface area contributed by atoms with E-state index >= 15 is 0 Å². The highest BCUT2D eigenvalue weighted by molar-refractivity contribution is 6.36. The van der Waals surface area contributed by atoms with Gasteiger partial charge in [0.2, 0.25) is 0 Å². The van der Waals surface area contributed by atoms with E-state index < -0.39 is 0 Å². The van der Waals surface area contributed by atoms with Gasteiger partial charge in [-0.05, 0) is 75.5 Å². The summed E-state index contributed by atoms with van der Waals surface area (Å²) in [5.74, 6) is -0.656. The minimum absolute atomic E-state index is 0.0676. The molecule has 0 bridgehead atoms. The molecule has 7 nitrogen and oxygen atoms in total. The molecule has 180 valence electrons. The van der Waals surface area contributed by atoms with Crippen molar-refractivity contribution in [2.75, 3.05) is 51.6 Å². The maximum Gasteiger partial charge on any atom is 0.256 e. The molecular formula is C26H32FN5O2. The number of fused-ring (bicyclic) bond motifs is 2. The number of likely N-dealkylation sites (N-methyl/N-ethyl adjacent to an activating group) is 1. The number of nitrogens with zero attached hydrogens (tertiary/aromatic N) is 2. The van der Waals surface area contributed by atoms with Crippen molar-refractivity contribution in [1.29, 1.82) is 0 Å². The first-order chi connectivity index (χ1) is 16.4. The summed E-state index contributed by atoms with van der Waals surface area (Å²) in [7, 11) is 2.15. The van der Waals surface area contributed by atoms with Crippen molar-refractivity contribution in [1.82, 2.24) is 20.1 Å². The van der Waals surface area contributed by atoms with Gasteiger partial charge in [-0.3, -0.25) is 9.59 Å². The smallest absolute Gasteiger partial charge is 0.256 e. The van der Waals surface area contributed by atoms with Gasteiger partial charge in [0.05, 0.1) is 11.1 Å². The van der Waals surface area contributed by atoms with Crippen LogP contribution in [0.1, 0.15) is 52.1 Å². The van der Waals surface area contributed by atoms with E-state index in [1.54, 1.807) is 6.07 Å². The average molecular weight is 466 g/mol. The maximum absolute atomic E-state index is 14.0. The first-order valence-electron chi connectivity index (χ1n) is 12.2. The second kappa shape index (κ2) is 9.35. The number of amides is 2. The summed E-state index contributed by atoms with van der Waals surface area (Å²) in [6.45, 7) is 7.86. The highest BCUT2D eigenvalue weighted by Gasteiger charge is 2.33. The number of carbonyl (C=O) groups is 2. The van der Waals surface area contributed by atoms with Gasteiger partial charge in [0.1, 0.15) is 5.82 Å². The van der Waals surface area contributed by atoms with Crippen LogP contribution in [0.2, 0.25) is 0 Å². The Bertz CT molecular complexity index is 1160. The van der Waals surface area contributed by atoms with Crippen molar-refractivity contribution in [2.24, 2.45) is 0 Å². The lowest BCUT2D eigenvalue weighted by Gasteiger charge is -2.32. The number of nitrogens with one attached hydrogen (secondary N) is 3.